The first-order valence-electron chi connectivity index (χ1n) is 8.69. The summed E-state index contributed by atoms with van der Waals surface area (Å²) in [5, 5.41) is 4.01. The molecule has 124 valence electrons. The van der Waals surface area contributed by atoms with Gasteiger partial charge in [-0.05, 0) is 57.2 Å². The number of likely N-dealkylation sites (tertiary alicyclic amines) is 2. The Labute approximate surface area is 133 Å². The molecule has 2 N–H and O–H groups in total. The van der Waals surface area contributed by atoms with E-state index in [1.807, 2.05) is 0 Å². The van der Waals surface area contributed by atoms with Gasteiger partial charge in [-0.15, -0.1) is 0 Å². The van der Waals surface area contributed by atoms with Crippen molar-refractivity contribution in [3.8, 4) is 0 Å². The molecule has 0 radical (unpaired) electrons. The maximum absolute atomic E-state index is 5.52. The lowest BCUT2D eigenvalue weighted by Gasteiger charge is -2.37. The van der Waals surface area contributed by atoms with Crippen LogP contribution in [0, 0.1) is 11.8 Å². The van der Waals surface area contributed by atoms with Crippen molar-refractivity contribution in [2.75, 3.05) is 32.7 Å². The predicted molar refractivity (Wildman–Crippen MR) is 85.0 cm³/mol. The van der Waals surface area contributed by atoms with Gasteiger partial charge in [-0.1, -0.05) is 12.1 Å². The van der Waals surface area contributed by atoms with Crippen LogP contribution in [-0.4, -0.2) is 52.7 Å². The van der Waals surface area contributed by atoms with Crippen molar-refractivity contribution < 1.29 is 4.52 Å². The molecule has 0 aliphatic carbocycles. The second kappa shape index (κ2) is 7.53. The Bertz CT molecular complexity index is 455. The van der Waals surface area contributed by atoms with E-state index in [9.17, 15) is 0 Å². The second-order valence-electron chi connectivity index (χ2n) is 7.03. The molecule has 2 fully saturated rings. The minimum atomic E-state index is 0.322. The Morgan fingerprint density at radius 3 is 2.73 bits per heavy atom. The third-order valence-corrected chi connectivity index (χ3v) is 5.05. The van der Waals surface area contributed by atoms with Gasteiger partial charge in [0.15, 0.2) is 5.82 Å². The number of nitrogens with two attached hydrogens (primary N) is 1. The van der Waals surface area contributed by atoms with Crippen molar-refractivity contribution in [1.82, 2.24) is 19.9 Å². The summed E-state index contributed by atoms with van der Waals surface area (Å²) >= 11 is 0. The summed E-state index contributed by atoms with van der Waals surface area (Å²) in [4.78, 5) is 9.44. The highest BCUT2D eigenvalue weighted by molar-refractivity contribution is 4.87. The zero-order chi connectivity index (χ0) is 15.4. The van der Waals surface area contributed by atoms with Crippen molar-refractivity contribution >= 4 is 0 Å². The third kappa shape index (κ3) is 4.27. The molecule has 2 saturated heterocycles. The zero-order valence-corrected chi connectivity index (χ0v) is 13.7. The first-order chi connectivity index (χ1) is 10.7. The summed E-state index contributed by atoms with van der Waals surface area (Å²) in [6.07, 6.45) is 5.35. The highest BCUT2D eigenvalue weighted by Gasteiger charge is 2.25. The standard InChI is InChI=1S/C16H29N5O/c1-13-4-7-20(8-5-13)10-14-3-2-6-21(11-14)12-15-18-16(9-17)22-19-15/h13-14H,2-12,17H2,1H3. The van der Waals surface area contributed by atoms with Crippen LogP contribution >= 0.6 is 0 Å². The lowest BCUT2D eigenvalue weighted by molar-refractivity contribution is 0.107. The number of rotatable bonds is 5. The van der Waals surface area contributed by atoms with Gasteiger partial charge in [0.05, 0.1) is 13.1 Å². The quantitative estimate of drug-likeness (QED) is 0.888. The normalized spacial score (nSPS) is 25.6. The van der Waals surface area contributed by atoms with Crippen LogP contribution in [0.5, 0.6) is 0 Å². The molecule has 0 aromatic carbocycles. The van der Waals surface area contributed by atoms with Gasteiger partial charge in [-0.3, -0.25) is 4.90 Å². The summed E-state index contributed by atoms with van der Waals surface area (Å²) in [7, 11) is 0. The second-order valence-corrected chi connectivity index (χ2v) is 7.03. The third-order valence-electron chi connectivity index (χ3n) is 5.05. The van der Waals surface area contributed by atoms with E-state index in [0.29, 0.717) is 12.4 Å². The van der Waals surface area contributed by atoms with Gasteiger partial charge in [0.1, 0.15) is 0 Å². The van der Waals surface area contributed by atoms with Crippen LogP contribution in [0.1, 0.15) is 44.3 Å². The van der Waals surface area contributed by atoms with E-state index in [2.05, 4.69) is 26.9 Å². The lowest BCUT2D eigenvalue weighted by Crippen LogP contribution is -2.43. The Morgan fingerprint density at radius 1 is 1.18 bits per heavy atom. The summed E-state index contributed by atoms with van der Waals surface area (Å²) in [6.45, 7) is 9.59. The van der Waals surface area contributed by atoms with Gasteiger partial charge in [-0.2, -0.15) is 4.98 Å². The summed E-state index contributed by atoms with van der Waals surface area (Å²) in [6, 6.07) is 0. The molecule has 1 aromatic rings. The molecule has 2 aliphatic heterocycles. The van der Waals surface area contributed by atoms with Crippen LogP contribution in [0.2, 0.25) is 0 Å². The van der Waals surface area contributed by atoms with Gasteiger partial charge in [0.2, 0.25) is 5.89 Å². The number of hydrogen-bond acceptors (Lipinski definition) is 6. The molecule has 1 atom stereocenters. The van der Waals surface area contributed by atoms with Crippen LogP contribution in [0.15, 0.2) is 4.52 Å². The molecule has 0 spiro atoms. The Hall–Kier alpha value is -0.980. The molecule has 3 heterocycles. The molecule has 22 heavy (non-hydrogen) atoms. The number of aromatic nitrogens is 2. The summed E-state index contributed by atoms with van der Waals surface area (Å²) in [5.74, 6) is 3.00. The molecule has 6 nitrogen and oxygen atoms in total. The zero-order valence-electron chi connectivity index (χ0n) is 13.7. The first kappa shape index (κ1) is 15.9. The fourth-order valence-corrected chi connectivity index (χ4v) is 3.69. The van der Waals surface area contributed by atoms with Crippen molar-refractivity contribution in [2.45, 2.75) is 45.7 Å². The molecule has 1 aromatic heterocycles. The monoisotopic (exact) mass is 307 g/mol. The molecular weight excluding hydrogens is 278 g/mol. The van der Waals surface area contributed by atoms with Gasteiger partial charge >= 0.3 is 0 Å². The summed E-state index contributed by atoms with van der Waals surface area (Å²) < 4.78 is 5.09. The Balaban J connectivity index is 1.46. The van der Waals surface area contributed by atoms with Crippen LogP contribution in [-0.2, 0) is 13.1 Å². The predicted octanol–water partition coefficient (Wildman–Crippen LogP) is 1.47. The lowest BCUT2D eigenvalue weighted by atomic mass is 9.94. The van der Waals surface area contributed by atoms with Crippen LogP contribution in [0.4, 0.5) is 0 Å². The summed E-state index contributed by atoms with van der Waals surface area (Å²) in [5.41, 5.74) is 5.52. The Kier molecular flexibility index (Phi) is 5.44. The topological polar surface area (TPSA) is 71.4 Å². The molecular formula is C16H29N5O. The highest BCUT2D eigenvalue weighted by Crippen LogP contribution is 2.22. The van der Waals surface area contributed by atoms with Crippen molar-refractivity contribution in [3.63, 3.8) is 0 Å². The molecule has 2 aliphatic rings. The fraction of sp³-hybridized carbons (Fsp3) is 0.875. The molecule has 0 amide bonds. The minimum absolute atomic E-state index is 0.322. The first-order valence-corrected chi connectivity index (χ1v) is 8.69. The van der Waals surface area contributed by atoms with Gasteiger partial charge < -0.3 is 15.2 Å². The highest BCUT2D eigenvalue weighted by atomic mass is 16.5. The van der Waals surface area contributed by atoms with Crippen molar-refractivity contribution in [3.05, 3.63) is 11.7 Å². The molecule has 3 rings (SSSR count). The average molecular weight is 307 g/mol. The van der Waals surface area contributed by atoms with Crippen LogP contribution in [0.3, 0.4) is 0 Å². The van der Waals surface area contributed by atoms with Crippen molar-refractivity contribution in [1.29, 1.82) is 0 Å². The SMILES string of the molecule is CC1CCN(CC2CCCN(Cc3noc(CN)n3)C2)CC1. The molecule has 1 unspecified atom stereocenters. The Morgan fingerprint density at radius 2 is 2.00 bits per heavy atom. The average Bonchev–Trinajstić information content (AvgIpc) is 2.98. The van der Waals surface area contributed by atoms with Crippen molar-refractivity contribution in [2.24, 2.45) is 17.6 Å². The van der Waals surface area contributed by atoms with E-state index in [1.165, 1.54) is 45.3 Å². The molecule has 0 saturated carbocycles. The molecule has 0 bridgehead atoms. The maximum Gasteiger partial charge on any atom is 0.240 e. The number of piperidine rings is 2. The van der Waals surface area contributed by atoms with Gasteiger partial charge in [0.25, 0.3) is 0 Å². The maximum atomic E-state index is 5.52. The minimum Gasteiger partial charge on any atom is -0.338 e. The van der Waals surface area contributed by atoms with E-state index < -0.39 is 0 Å². The van der Waals surface area contributed by atoms with E-state index in [-0.39, 0.29) is 0 Å². The molecule has 6 heteroatoms. The van der Waals surface area contributed by atoms with E-state index >= 15 is 0 Å². The van der Waals surface area contributed by atoms with Gasteiger partial charge in [-0.25, -0.2) is 0 Å². The van der Waals surface area contributed by atoms with Crippen LogP contribution in [0.25, 0.3) is 0 Å². The van der Waals surface area contributed by atoms with Gasteiger partial charge in [0, 0.05) is 13.1 Å². The smallest absolute Gasteiger partial charge is 0.240 e. The van der Waals surface area contributed by atoms with E-state index in [1.54, 1.807) is 0 Å². The number of hydrogen-bond donors (Lipinski definition) is 1. The van der Waals surface area contributed by atoms with Crippen LogP contribution < -0.4 is 5.73 Å². The van der Waals surface area contributed by atoms with E-state index in [0.717, 1.165) is 37.3 Å². The fourth-order valence-electron chi connectivity index (χ4n) is 3.69. The largest absolute Gasteiger partial charge is 0.338 e. The van der Waals surface area contributed by atoms with E-state index in [4.69, 9.17) is 10.3 Å². The number of nitrogens with zero attached hydrogens (tertiary/aromatic N) is 4.